The fraction of sp³-hybridized carbons (Fsp3) is 0.593. The number of halogens is 3. The standard InChI is InChI=1S/C27H32F3N5O5/c1-25(2,3)20(34-24(39)27(28,29)30)23(38)35-12-14-18(26(14,4)5)19(35)22(37)32-13(11-31)10-17-21(36)33-15-8-6-7-9-16(15)40-17/h6-9,13-14,17-20H,10,12H2,1-5H3,(H,32,37)(H,33,36)(H,34,39)/t13?,14-,17-,18-,19-,20?/m0/s1. The van der Waals surface area contributed by atoms with E-state index in [0.717, 1.165) is 0 Å². The van der Waals surface area contributed by atoms with Crippen molar-refractivity contribution < 1.29 is 37.1 Å². The van der Waals surface area contributed by atoms with E-state index in [0.29, 0.717) is 11.4 Å². The van der Waals surface area contributed by atoms with Crippen molar-refractivity contribution in [2.75, 3.05) is 11.9 Å². The molecule has 3 aliphatic rings. The van der Waals surface area contributed by atoms with Gasteiger partial charge < -0.3 is 25.6 Å². The van der Waals surface area contributed by atoms with Crippen LogP contribution in [0.3, 0.4) is 0 Å². The zero-order chi connectivity index (χ0) is 29.8. The molecule has 216 valence electrons. The summed E-state index contributed by atoms with van der Waals surface area (Å²) >= 11 is 0. The second-order valence-electron chi connectivity index (χ2n) is 12.2. The minimum absolute atomic E-state index is 0.0874. The quantitative estimate of drug-likeness (QED) is 0.486. The summed E-state index contributed by atoms with van der Waals surface area (Å²) in [4.78, 5) is 52.7. The van der Waals surface area contributed by atoms with Gasteiger partial charge in [-0.2, -0.15) is 18.4 Å². The van der Waals surface area contributed by atoms with Crippen LogP contribution >= 0.6 is 0 Å². The van der Waals surface area contributed by atoms with E-state index in [2.05, 4.69) is 10.6 Å². The Morgan fingerprint density at radius 1 is 1.20 bits per heavy atom. The normalized spacial score (nSPS) is 26.2. The first-order valence-electron chi connectivity index (χ1n) is 12.9. The van der Waals surface area contributed by atoms with Gasteiger partial charge in [-0.15, -0.1) is 0 Å². The number of piperidine rings is 1. The molecule has 6 atom stereocenters. The second kappa shape index (κ2) is 9.98. The second-order valence-corrected chi connectivity index (χ2v) is 12.2. The Balaban J connectivity index is 1.52. The molecule has 13 heteroatoms. The number of alkyl halides is 3. The number of ether oxygens (including phenoxy) is 1. The number of likely N-dealkylation sites (tertiary alicyclic amines) is 1. The van der Waals surface area contributed by atoms with Crippen LogP contribution in [0, 0.1) is 34.0 Å². The molecule has 2 aliphatic heterocycles. The van der Waals surface area contributed by atoms with Crippen LogP contribution in [0.5, 0.6) is 5.75 Å². The van der Waals surface area contributed by atoms with E-state index in [-0.39, 0.29) is 30.2 Å². The summed E-state index contributed by atoms with van der Waals surface area (Å²) in [6.45, 7) is 8.52. The lowest BCUT2D eigenvalue weighted by Gasteiger charge is -2.38. The van der Waals surface area contributed by atoms with Gasteiger partial charge in [0.25, 0.3) is 5.91 Å². The van der Waals surface area contributed by atoms with Crippen LogP contribution < -0.4 is 20.7 Å². The van der Waals surface area contributed by atoms with Gasteiger partial charge in [0, 0.05) is 13.0 Å². The van der Waals surface area contributed by atoms with E-state index in [9.17, 15) is 37.6 Å². The maximum Gasteiger partial charge on any atom is 0.471 e. The molecular weight excluding hydrogens is 531 g/mol. The molecule has 1 saturated carbocycles. The number of fused-ring (bicyclic) bond motifs is 2. The fourth-order valence-electron chi connectivity index (χ4n) is 5.70. The van der Waals surface area contributed by atoms with Crippen molar-refractivity contribution in [2.24, 2.45) is 22.7 Å². The monoisotopic (exact) mass is 563 g/mol. The summed E-state index contributed by atoms with van der Waals surface area (Å²) in [6.07, 6.45) is -6.43. The van der Waals surface area contributed by atoms with Crippen molar-refractivity contribution in [2.45, 2.75) is 71.4 Å². The molecule has 0 aromatic heterocycles. The third-order valence-corrected chi connectivity index (χ3v) is 8.03. The lowest BCUT2D eigenvalue weighted by Crippen LogP contribution is -2.61. The Kier molecular flexibility index (Phi) is 7.28. The summed E-state index contributed by atoms with van der Waals surface area (Å²) in [6, 6.07) is 4.93. The van der Waals surface area contributed by atoms with Crippen LogP contribution in [0.15, 0.2) is 24.3 Å². The van der Waals surface area contributed by atoms with Gasteiger partial charge in [0.2, 0.25) is 11.8 Å². The molecule has 10 nitrogen and oxygen atoms in total. The molecule has 1 aromatic carbocycles. The molecular formula is C27H32F3N5O5. The molecule has 40 heavy (non-hydrogen) atoms. The summed E-state index contributed by atoms with van der Waals surface area (Å²) < 4.78 is 44.8. The number of para-hydroxylation sites is 2. The van der Waals surface area contributed by atoms with Crippen LogP contribution in [0.1, 0.15) is 41.0 Å². The van der Waals surface area contributed by atoms with Gasteiger partial charge in [-0.3, -0.25) is 19.2 Å². The predicted molar refractivity (Wildman–Crippen MR) is 135 cm³/mol. The molecule has 1 saturated heterocycles. The first kappa shape index (κ1) is 29.2. The van der Waals surface area contributed by atoms with Gasteiger partial charge in [0.05, 0.1) is 11.8 Å². The highest BCUT2D eigenvalue weighted by atomic mass is 19.4. The highest BCUT2D eigenvalue weighted by Gasteiger charge is 2.70. The van der Waals surface area contributed by atoms with Crippen molar-refractivity contribution in [3.05, 3.63) is 24.3 Å². The van der Waals surface area contributed by atoms with E-state index < -0.39 is 59.4 Å². The Labute approximate surface area is 229 Å². The molecule has 2 heterocycles. The third kappa shape index (κ3) is 5.44. The maximum absolute atomic E-state index is 13.6. The van der Waals surface area contributed by atoms with E-state index in [1.807, 2.05) is 19.9 Å². The first-order valence-corrected chi connectivity index (χ1v) is 12.9. The number of hydrogen-bond acceptors (Lipinski definition) is 6. The number of nitrogens with zero attached hydrogens (tertiary/aromatic N) is 2. The van der Waals surface area contributed by atoms with E-state index in [4.69, 9.17) is 4.74 Å². The molecule has 1 aliphatic carbocycles. The molecule has 3 N–H and O–H groups in total. The van der Waals surface area contributed by atoms with E-state index >= 15 is 0 Å². The maximum atomic E-state index is 13.6. The number of nitrogens with one attached hydrogen (secondary N) is 3. The van der Waals surface area contributed by atoms with Crippen LogP contribution in [0.2, 0.25) is 0 Å². The number of hydrogen-bond donors (Lipinski definition) is 3. The van der Waals surface area contributed by atoms with E-state index in [1.54, 1.807) is 29.6 Å². The Bertz CT molecular complexity index is 1270. The van der Waals surface area contributed by atoms with Crippen molar-refractivity contribution in [3.8, 4) is 11.8 Å². The Morgan fingerprint density at radius 3 is 2.45 bits per heavy atom. The van der Waals surface area contributed by atoms with Crippen molar-refractivity contribution in [1.82, 2.24) is 15.5 Å². The number of carbonyl (C=O) groups excluding carboxylic acids is 4. The molecule has 1 aromatic rings. The SMILES string of the molecule is CC(C)(C)C(NC(=O)C(F)(F)F)C(=O)N1C[C@H]2[C@@H]([C@H]1C(=O)NC(C#N)C[C@@H]1Oc3ccccc3NC1=O)C2(C)C. The summed E-state index contributed by atoms with van der Waals surface area (Å²) in [7, 11) is 0. The lowest BCUT2D eigenvalue weighted by molar-refractivity contribution is -0.176. The largest absolute Gasteiger partial charge is 0.478 e. The zero-order valence-electron chi connectivity index (χ0n) is 22.8. The average Bonchev–Trinajstić information content (AvgIpc) is 3.18. The molecule has 2 fully saturated rings. The highest BCUT2D eigenvalue weighted by Crippen LogP contribution is 2.65. The molecule has 4 rings (SSSR count). The minimum atomic E-state index is -5.19. The molecule has 0 radical (unpaired) electrons. The minimum Gasteiger partial charge on any atom is -0.478 e. The van der Waals surface area contributed by atoms with Gasteiger partial charge in [-0.25, -0.2) is 0 Å². The fourth-order valence-corrected chi connectivity index (χ4v) is 5.70. The van der Waals surface area contributed by atoms with Gasteiger partial charge in [0.15, 0.2) is 6.10 Å². The van der Waals surface area contributed by atoms with Gasteiger partial charge in [0.1, 0.15) is 23.9 Å². The van der Waals surface area contributed by atoms with Gasteiger partial charge in [-0.05, 0) is 34.8 Å². The van der Waals surface area contributed by atoms with Crippen LogP contribution in [0.25, 0.3) is 0 Å². The third-order valence-electron chi connectivity index (χ3n) is 8.03. The smallest absolute Gasteiger partial charge is 0.471 e. The predicted octanol–water partition coefficient (Wildman–Crippen LogP) is 2.36. The molecule has 4 amide bonds. The highest BCUT2D eigenvalue weighted by molar-refractivity contribution is 5.98. The van der Waals surface area contributed by atoms with Crippen molar-refractivity contribution in [3.63, 3.8) is 0 Å². The number of amides is 4. The number of carbonyl (C=O) groups is 4. The van der Waals surface area contributed by atoms with Gasteiger partial charge >= 0.3 is 12.1 Å². The summed E-state index contributed by atoms with van der Waals surface area (Å²) in [5, 5.41) is 16.9. The van der Waals surface area contributed by atoms with Crippen molar-refractivity contribution in [1.29, 1.82) is 5.26 Å². The van der Waals surface area contributed by atoms with Crippen LogP contribution in [0.4, 0.5) is 18.9 Å². The average molecular weight is 564 g/mol. The molecule has 2 unspecified atom stereocenters. The first-order chi connectivity index (χ1) is 18.5. The summed E-state index contributed by atoms with van der Waals surface area (Å²) in [5.41, 5.74) is -0.934. The topological polar surface area (TPSA) is 141 Å². The molecule has 0 spiro atoms. The lowest BCUT2D eigenvalue weighted by atomic mass is 9.85. The van der Waals surface area contributed by atoms with Crippen LogP contribution in [-0.2, 0) is 19.2 Å². The number of anilines is 1. The van der Waals surface area contributed by atoms with E-state index in [1.165, 1.54) is 25.7 Å². The summed E-state index contributed by atoms with van der Waals surface area (Å²) in [5.74, 6) is -4.17. The molecule has 0 bridgehead atoms. The zero-order valence-corrected chi connectivity index (χ0v) is 22.8. The Hall–Kier alpha value is -3.82. The number of benzene rings is 1. The number of nitriles is 1. The van der Waals surface area contributed by atoms with Gasteiger partial charge in [-0.1, -0.05) is 46.8 Å². The number of rotatable bonds is 6. The Morgan fingerprint density at radius 2 is 1.85 bits per heavy atom. The van der Waals surface area contributed by atoms with Crippen molar-refractivity contribution >= 4 is 29.3 Å². The van der Waals surface area contributed by atoms with Crippen LogP contribution in [-0.4, -0.2) is 65.5 Å².